The van der Waals surface area contributed by atoms with Gasteiger partial charge in [-0.25, -0.2) is 18.1 Å². The van der Waals surface area contributed by atoms with Crippen molar-refractivity contribution in [1.82, 2.24) is 29.7 Å². The van der Waals surface area contributed by atoms with Crippen LogP contribution in [-0.4, -0.2) is 32.9 Å². The number of nitriles is 1. The van der Waals surface area contributed by atoms with Crippen LogP contribution in [0.15, 0.2) is 24.8 Å². The molecule has 0 saturated carbocycles. The van der Waals surface area contributed by atoms with Gasteiger partial charge >= 0.3 is 21.1 Å². The average Bonchev–Trinajstić information content (AvgIpc) is 3.55. The number of hydrogen-bond acceptors (Lipinski definition) is 7. The first kappa shape index (κ1) is 21.5. The summed E-state index contributed by atoms with van der Waals surface area (Å²) < 4.78 is 0. The second kappa shape index (κ2) is 9.05. The van der Waals surface area contributed by atoms with Gasteiger partial charge in [-0.2, -0.15) is 5.26 Å². The Morgan fingerprint density at radius 3 is 1.87 bits per heavy atom. The Labute approximate surface area is 192 Å². The summed E-state index contributed by atoms with van der Waals surface area (Å²) in [6.45, 7) is 25.9. The van der Waals surface area contributed by atoms with Crippen LogP contribution >= 0.6 is 0 Å². The molecule has 0 aliphatic carbocycles. The van der Waals surface area contributed by atoms with E-state index in [-0.39, 0.29) is 56.1 Å². The smallest absolute Gasteiger partial charge is 0.562 e. The van der Waals surface area contributed by atoms with Gasteiger partial charge in [-0.1, -0.05) is 6.57 Å². The fraction of sp³-hybridized carbons (Fsp3) is 0.111. The van der Waals surface area contributed by atoms with Crippen molar-refractivity contribution in [2.24, 2.45) is 0 Å². The van der Waals surface area contributed by atoms with Gasteiger partial charge in [0, 0.05) is 13.1 Å². The minimum atomic E-state index is -0.0119. The van der Waals surface area contributed by atoms with Gasteiger partial charge in [0.05, 0.1) is 11.6 Å². The van der Waals surface area contributed by atoms with Gasteiger partial charge in [0.1, 0.15) is 17.6 Å². The van der Waals surface area contributed by atoms with Gasteiger partial charge in [-0.15, -0.1) is 13.3 Å². The molecule has 0 aromatic carbocycles. The predicted molar refractivity (Wildman–Crippen MR) is 104 cm³/mol. The number of imidazole rings is 2. The molecule has 0 radical (unpaired) electrons. The molecule has 4 heterocycles. The molecule has 13 heteroatoms. The summed E-state index contributed by atoms with van der Waals surface area (Å²) in [6.07, 6.45) is 7.17. The molecule has 2 aromatic rings. The summed E-state index contributed by atoms with van der Waals surface area (Å²) in [6, 6.07) is 1.86. The van der Waals surface area contributed by atoms with Crippen molar-refractivity contribution in [2.45, 2.75) is 0 Å². The van der Waals surface area contributed by atoms with E-state index in [0.29, 0.717) is 13.1 Å². The van der Waals surface area contributed by atoms with Crippen LogP contribution in [0.4, 0.5) is 29.4 Å². The number of rotatable bonds is 5. The van der Waals surface area contributed by atoms with E-state index in [9.17, 15) is 0 Å². The van der Waals surface area contributed by atoms with Gasteiger partial charge in [0.25, 0.3) is 0 Å². The number of anilines is 2. The van der Waals surface area contributed by atoms with Crippen LogP contribution in [0.5, 0.6) is 0 Å². The van der Waals surface area contributed by atoms with Crippen LogP contribution in [0, 0.1) is 44.4 Å². The number of nitrogens with zero attached hydrogens (tertiary/aromatic N) is 12. The van der Waals surface area contributed by atoms with E-state index >= 15 is 0 Å². The second-order valence-electron chi connectivity index (χ2n) is 5.93. The van der Waals surface area contributed by atoms with Crippen LogP contribution in [0.1, 0.15) is 5.69 Å². The maximum atomic E-state index is 9.00. The monoisotopic (exact) mass is 589 g/mol. The van der Waals surface area contributed by atoms with Gasteiger partial charge < -0.3 is 34.1 Å². The SMILES string of the molecule is [C-]#[N+]c1nc(N2C=CN(CCN3C=CN(c4nc(C#N)c([N+]#[C-])[n-]4)[CH-]3)[CH-]2)[n-]c1[N+]#[C-].[Pt+4]. The Bertz CT molecular complexity index is 1040. The fourth-order valence-corrected chi connectivity index (χ4v) is 2.69. The van der Waals surface area contributed by atoms with Crippen LogP contribution < -0.4 is 19.8 Å². The van der Waals surface area contributed by atoms with Crippen molar-refractivity contribution >= 4 is 29.4 Å². The molecule has 0 amide bonds. The first-order valence-corrected chi connectivity index (χ1v) is 8.42. The summed E-state index contributed by atoms with van der Waals surface area (Å²) in [5.74, 6) is 0.527. The van der Waals surface area contributed by atoms with Crippen molar-refractivity contribution in [3.05, 3.63) is 78.1 Å². The van der Waals surface area contributed by atoms with E-state index in [4.69, 9.17) is 25.0 Å². The molecule has 4 rings (SSSR count). The Morgan fingerprint density at radius 1 is 0.871 bits per heavy atom. The molecule has 2 aliphatic heterocycles. The minimum absolute atomic E-state index is 0. The molecule has 0 unspecified atom stereocenters. The van der Waals surface area contributed by atoms with Gasteiger partial charge in [0.2, 0.25) is 0 Å². The summed E-state index contributed by atoms with van der Waals surface area (Å²) in [7, 11) is 0. The maximum absolute atomic E-state index is 9.00. The second-order valence-corrected chi connectivity index (χ2v) is 5.93. The summed E-state index contributed by atoms with van der Waals surface area (Å²) in [5, 5.41) is 9.00. The Balaban J connectivity index is 0.00000272. The molecular weight excluding hydrogens is 579 g/mol. The van der Waals surface area contributed by atoms with Crippen LogP contribution in [-0.2, 0) is 21.1 Å². The Kier molecular flexibility index (Phi) is 6.26. The van der Waals surface area contributed by atoms with E-state index in [1.807, 2.05) is 28.3 Å². The van der Waals surface area contributed by atoms with Gasteiger partial charge in [-0.3, -0.25) is 15.0 Å². The molecule has 12 nitrogen and oxygen atoms in total. The maximum Gasteiger partial charge on any atom is 4.00 e. The molecule has 0 fully saturated rings. The zero-order valence-electron chi connectivity index (χ0n) is 15.6. The Hall–Kier alpha value is -4.25. The van der Waals surface area contributed by atoms with Crippen molar-refractivity contribution in [3.63, 3.8) is 0 Å². The topological polar surface area (TPSA) is 104 Å². The van der Waals surface area contributed by atoms with Crippen LogP contribution in [0.25, 0.3) is 14.5 Å². The van der Waals surface area contributed by atoms with Crippen molar-refractivity contribution in [2.75, 3.05) is 22.9 Å². The third-order valence-electron chi connectivity index (χ3n) is 4.13. The average molecular weight is 589 g/mol. The normalized spacial score (nSPS) is 14.2. The predicted octanol–water partition coefficient (Wildman–Crippen LogP) is 2.04. The third kappa shape index (κ3) is 4.21. The molecule has 2 aliphatic rings. The molecule has 31 heavy (non-hydrogen) atoms. The first-order chi connectivity index (χ1) is 14.6. The summed E-state index contributed by atoms with van der Waals surface area (Å²) in [5.41, 5.74) is 0.00891. The zero-order valence-corrected chi connectivity index (χ0v) is 17.8. The summed E-state index contributed by atoms with van der Waals surface area (Å²) in [4.78, 5) is 33.0. The fourth-order valence-electron chi connectivity index (χ4n) is 2.69. The Morgan fingerprint density at radius 2 is 1.42 bits per heavy atom. The minimum Gasteiger partial charge on any atom is -0.562 e. The van der Waals surface area contributed by atoms with Crippen LogP contribution in [0.3, 0.4) is 0 Å². The molecule has 0 spiro atoms. The van der Waals surface area contributed by atoms with Crippen LogP contribution in [0.2, 0.25) is 0 Å². The molecule has 0 N–H and O–H groups in total. The number of hydrogen-bond donors (Lipinski definition) is 0. The third-order valence-corrected chi connectivity index (χ3v) is 4.13. The van der Waals surface area contributed by atoms with E-state index in [2.05, 4.69) is 34.5 Å². The summed E-state index contributed by atoms with van der Waals surface area (Å²) >= 11 is 0. The molecule has 0 atom stereocenters. The quantitative estimate of drug-likeness (QED) is 0.485. The van der Waals surface area contributed by atoms with Gasteiger partial charge in [0.15, 0.2) is 11.9 Å². The molecule has 0 bridgehead atoms. The molecule has 2 aromatic heterocycles. The molecule has 152 valence electrons. The van der Waals surface area contributed by atoms with Crippen molar-refractivity contribution in [3.8, 4) is 6.07 Å². The van der Waals surface area contributed by atoms with Gasteiger partial charge in [-0.05, 0) is 24.8 Å². The zero-order chi connectivity index (χ0) is 21.1. The molecule has 0 saturated heterocycles. The van der Waals surface area contributed by atoms with E-state index in [1.54, 1.807) is 35.5 Å². The first-order valence-electron chi connectivity index (χ1n) is 8.42. The molecular formula is C18H10N12Pt. The largest absolute Gasteiger partial charge is 4.00 e. The van der Waals surface area contributed by atoms with Crippen molar-refractivity contribution < 1.29 is 21.1 Å². The van der Waals surface area contributed by atoms with E-state index in [1.165, 1.54) is 0 Å². The van der Waals surface area contributed by atoms with E-state index in [0.717, 1.165) is 0 Å². The van der Waals surface area contributed by atoms with E-state index < -0.39 is 0 Å². The standard InChI is InChI=1S/C18H10N12.Pt/c1-20-14-13(10-19)23-17(24-14)29-8-6-27(11-29)4-5-28-7-9-30(12-28)18-25-15(21-2)16(22-3)26-18;/h6-9,11-12H,4-5H2;/q-4;+4. The number of aromatic nitrogens is 4. The van der Waals surface area contributed by atoms with Crippen molar-refractivity contribution in [1.29, 1.82) is 5.26 Å².